The number of anilines is 1. The maximum absolute atomic E-state index is 13.6. The zero-order valence-electron chi connectivity index (χ0n) is 14.7. The molecule has 2 N–H and O–H groups in total. The fourth-order valence-electron chi connectivity index (χ4n) is 2.90. The average Bonchev–Trinajstić information content (AvgIpc) is 2.82. The van der Waals surface area contributed by atoms with Gasteiger partial charge in [0.2, 0.25) is 5.91 Å². The summed E-state index contributed by atoms with van der Waals surface area (Å²) in [4.78, 5) is 38.3. The first kappa shape index (κ1) is 19.0. The Hall–Kier alpha value is -2.74. The van der Waals surface area contributed by atoms with Crippen molar-refractivity contribution in [3.63, 3.8) is 0 Å². The highest BCUT2D eigenvalue weighted by Crippen LogP contribution is 2.33. The van der Waals surface area contributed by atoms with Crippen molar-refractivity contribution in [1.29, 1.82) is 0 Å². The summed E-state index contributed by atoms with van der Waals surface area (Å²) >= 11 is 3.38. The number of imide groups is 1. The van der Waals surface area contributed by atoms with E-state index in [4.69, 9.17) is 0 Å². The molecule has 0 radical (unpaired) electrons. The molecule has 1 heterocycles. The van der Waals surface area contributed by atoms with Crippen molar-refractivity contribution in [3.8, 4) is 0 Å². The topological polar surface area (TPSA) is 78.5 Å². The van der Waals surface area contributed by atoms with Gasteiger partial charge in [-0.3, -0.25) is 14.5 Å². The fourth-order valence-corrected chi connectivity index (χ4v) is 3.59. The van der Waals surface area contributed by atoms with Crippen LogP contribution in [0.15, 0.2) is 46.9 Å². The van der Waals surface area contributed by atoms with Gasteiger partial charge in [-0.25, -0.2) is 9.18 Å². The number of hydrogen-bond acceptors (Lipinski definition) is 3. The van der Waals surface area contributed by atoms with Crippen LogP contribution in [0.3, 0.4) is 0 Å². The number of urea groups is 1. The highest BCUT2D eigenvalue weighted by Gasteiger charge is 2.50. The highest BCUT2D eigenvalue weighted by atomic mass is 79.9. The number of hydrogen-bond donors (Lipinski definition) is 2. The molecule has 0 aliphatic carbocycles. The number of amides is 4. The summed E-state index contributed by atoms with van der Waals surface area (Å²) in [6.07, 6.45) is 0. The molecule has 2 aromatic carbocycles. The maximum Gasteiger partial charge on any atom is 0.325 e. The van der Waals surface area contributed by atoms with Crippen LogP contribution in [0.5, 0.6) is 0 Å². The summed E-state index contributed by atoms with van der Waals surface area (Å²) in [5.74, 6) is -1.59. The molecular formula is C19H17BrFN3O3. The van der Waals surface area contributed by atoms with Gasteiger partial charge in [-0.2, -0.15) is 0 Å². The number of halogens is 2. The molecular weight excluding hydrogens is 417 g/mol. The largest absolute Gasteiger partial charge is 0.325 e. The molecule has 1 aliphatic rings. The van der Waals surface area contributed by atoms with E-state index >= 15 is 0 Å². The van der Waals surface area contributed by atoms with E-state index in [1.807, 2.05) is 0 Å². The Bertz CT molecular complexity index is 950. The number of aryl methyl sites for hydroxylation is 1. The van der Waals surface area contributed by atoms with Gasteiger partial charge < -0.3 is 10.6 Å². The predicted molar refractivity (Wildman–Crippen MR) is 102 cm³/mol. The third kappa shape index (κ3) is 3.57. The van der Waals surface area contributed by atoms with Gasteiger partial charge in [0, 0.05) is 15.7 Å². The summed E-state index contributed by atoms with van der Waals surface area (Å²) < 4.78 is 14.3. The molecule has 3 rings (SSSR count). The Balaban J connectivity index is 1.76. The Labute approximate surface area is 163 Å². The molecule has 4 amide bonds. The molecule has 0 saturated carbocycles. The molecule has 6 nitrogen and oxygen atoms in total. The van der Waals surface area contributed by atoms with Crippen LogP contribution in [0.25, 0.3) is 0 Å². The van der Waals surface area contributed by atoms with E-state index in [-0.39, 0.29) is 5.69 Å². The smallest absolute Gasteiger partial charge is 0.324 e. The Kier molecular flexibility index (Phi) is 5.01. The van der Waals surface area contributed by atoms with E-state index in [0.29, 0.717) is 15.6 Å². The Morgan fingerprint density at radius 1 is 1.26 bits per heavy atom. The minimum Gasteiger partial charge on any atom is -0.324 e. The molecule has 2 aromatic rings. The summed E-state index contributed by atoms with van der Waals surface area (Å²) in [6, 6.07) is 10.6. The van der Waals surface area contributed by atoms with Crippen LogP contribution in [0.4, 0.5) is 14.9 Å². The third-order valence-electron chi connectivity index (χ3n) is 4.44. The lowest BCUT2D eigenvalue weighted by Gasteiger charge is -2.23. The lowest BCUT2D eigenvalue weighted by Crippen LogP contribution is -2.42. The Morgan fingerprint density at radius 3 is 2.63 bits per heavy atom. The van der Waals surface area contributed by atoms with Gasteiger partial charge in [-0.05, 0) is 37.6 Å². The number of benzene rings is 2. The molecule has 8 heteroatoms. The number of carbonyl (C=O) groups is 3. The van der Waals surface area contributed by atoms with Crippen LogP contribution < -0.4 is 10.6 Å². The second-order valence-corrected chi connectivity index (χ2v) is 7.29. The van der Waals surface area contributed by atoms with Gasteiger partial charge >= 0.3 is 6.03 Å². The summed E-state index contributed by atoms with van der Waals surface area (Å²) in [5, 5.41) is 5.13. The molecule has 1 atom stereocenters. The van der Waals surface area contributed by atoms with Gasteiger partial charge in [-0.15, -0.1) is 0 Å². The van der Waals surface area contributed by atoms with Crippen molar-refractivity contribution in [2.45, 2.75) is 19.4 Å². The molecule has 1 aliphatic heterocycles. The van der Waals surface area contributed by atoms with Crippen molar-refractivity contribution in [1.82, 2.24) is 10.2 Å². The first-order valence-corrected chi connectivity index (χ1v) is 8.97. The number of nitrogens with zero attached hydrogens (tertiary/aromatic N) is 1. The van der Waals surface area contributed by atoms with Gasteiger partial charge in [0.15, 0.2) is 0 Å². The van der Waals surface area contributed by atoms with Gasteiger partial charge in [0.05, 0.1) is 0 Å². The van der Waals surface area contributed by atoms with E-state index in [1.165, 1.54) is 12.1 Å². The Morgan fingerprint density at radius 2 is 1.96 bits per heavy atom. The van der Waals surface area contributed by atoms with Gasteiger partial charge in [-0.1, -0.05) is 40.2 Å². The minimum atomic E-state index is -1.28. The number of nitrogens with one attached hydrogen (secondary N) is 2. The maximum atomic E-state index is 13.6. The average molecular weight is 434 g/mol. The molecule has 1 fully saturated rings. The van der Waals surface area contributed by atoms with E-state index in [2.05, 4.69) is 26.6 Å². The first-order chi connectivity index (χ1) is 12.7. The lowest BCUT2D eigenvalue weighted by molar-refractivity contribution is -0.133. The zero-order valence-corrected chi connectivity index (χ0v) is 16.3. The van der Waals surface area contributed by atoms with Crippen LogP contribution in [0.2, 0.25) is 0 Å². The monoisotopic (exact) mass is 433 g/mol. The quantitative estimate of drug-likeness (QED) is 0.725. The molecule has 0 bridgehead atoms. The van der Waals surface area contributed by atoms with Crippen molar-refractivity contribution in [2.75, 3.05) is 11.9 Å². The molecule has 27 heavy (non-hydrogen) atoms. The van der Waals surface area contributed by atoms with Crippen LogP contribution in [-0.2, 0) is 15.1 Å². The van der Waals surface area contributed by atoms with Gasteiger partial charge in [0.1, 0.15) is 17.9 Å². The molecule has 0 aromatic heterocycles. The van der Waals surface area contributed by atoms with Crippen molar-refractivity contribution < 1.29 is 18.8 Å². The molecule has 140 valence electrons. The second kappa shape index (κ2) is 7.11. The molecule has 0 unspecified atom stereocenters. The van der Waals surface area contributed by atoms with Crippen molar-refractivity contribution >= 4 is 39.5 Å². The highest BCUT2D eigenvalue weighted by molar-refractivity contribution is 9.10. The summed E-state index contributed by atoms with van der Waals surface area (Å²) in [6.45, 7) is 2.72. The van der Waals surface area contributed by atoms with Crippen molar-refractivity contribution in [2.24, 2.45) is 0 Å². The first-order valence-electron chi connectivity index (χ1n) is 8.17. The van der Waals surface area contributed by atoms with E-state index in [1.54, 1.807) is 44.2 Å². The van der Waals surface area contributed by atoms with Crippen LogP contribution in [0.1, 0.15) is 18.1 Å². The number of carbonyl (C=O) groups excluding carboxylic acids is 3. The standard InChI is InChI=1S/C19H17BrFN3O3/c1-11-7-8-12(9-15(11)21)22-16(25)10-24-17(26)19(2,23-18(24)27)13-5-3-4-6-14(13)20/h3-9H,10H2,1-2H3,(H,22,25)(H,23,27)/t19-/m0/s1. The minimum absolute atomic E-state index is 0.253. The SMILES string of the molecule is Cc1ccc(NC(=O)CN2C(=O)N[C@@](C)(c3ccccc3Br)C2=O)cc1F. The summed E-state index contributed by atoms with van der Waals surface area (Å²) in [5.41, 5.74) is 0.00911. The van der Waals surface area contributed by atoms with Crippen LogP contribution >= 0.6 is 15.9 Å². The zero-order chi connectivity index (χ0) is 19.8. The third-order valence-corrected chi connectivity index (χ3v) is 5.14. The van der Waals surface area contributed by atoms with Gasteiger partial charge in [0.25, 0.3) is 5.91 Å². The van der Waals surface area contributed by atoms with E-state index in [0.717, 1.165) is 4.90 Å². The van der Waals surface area contributed by atoms with E-state index < -0.39 is 35.7 Å². The number of rotatable bonds is 4. The lowest BCUT2D eigenvalue weighted by atomic mass is 9.92. The van der Waals surface area contributed by atoms with Crippen molar-refractivity contribution in [3.05, 3.63) is 63.9 Å². The normalized spacial score (nSPS) is 19.2. The second-order valence-electron chi connectivity index (χ2n) is 6.44. The van der Waals surface area contributed by atoms with Crippen LogP contribution in [-0.4, -0.2) is 29.3 Å². The summed E-state index contributed by atoms with van der Waals surface area (Å²) in [7, 11) is 0. The van der Waals surface area contributed by atoms with Crippen LogP contribution in [0, 0.1) is 12.7 Å². The molecule has 0 spiro atoms. The fraction of sp³-hybridized carbons (Fsp3) is 0.211. The predicted octanol–water partition coefficient (Wildman–Crippen LogP) is 3.30. The van der Waals surface area contributed by atoms with E-state index in [9.17, 15) is 18.8 Å². The molecule has 1 saturated heterocycles.